The average molecular weight is 1450 g/mol. The van der Waals surface area contributed by atoms with Crippen molar-refractivity contribution in [1.29, 1.82) is 21.5 Å². The molecule has 0 saturated carbocycles. The van der Waals surface area contributed by atoms with Crippen molar-refractivity contribution >= 4 is 80.9 Å². The summed E-state index contributed by atoms with van der Waals surface area (Å²) < 4.78 is 58.2. The minimum Gasteiger partial charge on any atom is -0.383 e. The largest absolute Gasteiger partial charge is 0.383 e. The number of benzene rings is 9. The number of hydrogen-bond acceptors (Lipinski definition) is 7. The molecule has 0 aliphatic heterocycles. The first-order valence-electron chi connectivity index (χ1n) is 30.9. The Morgan fingerprint density at radius 2 is 0.691 bits per heavy atom. The predicted octanol–water partition coefficient (Wildman–Crippen LogP) is 16.6. The third-order valence-electron chi connectivity index (χ3n) is 16.8. The maximum atomic E-state index is 14.1. The van der Waals surface area contributed by atoms with E-state index < -0.39 is 0 Å². The molecule has 0 fully saturated rings. The third-order valence-corrected chi connectivity index (χ3v) is 18.7. The standard InChI is InChI=1S/C26H25BrN4O.2C25H25BrFN3O/c1-18-7-9-19(10-8-18)13-22(17-32-2)31-25-6-4-3-5-24(25)30(26(31)29)16-20-11-12-21(15-28)23(27)14-20;1-17-7-9-18(10-8-17)13-20(16-31-2)30-24-6-4-3-5-23(24)29(25(30)28)15-19-11-12-22(27)21(26)14-19;1-17-7-9-18(10-8-17)13-20(16-31-2)30-24-6-4-3-5-23(24)29(25(30)28)15-19-11-12-21(26)22(27)14-19/h3-12,14,22,29H,13,16-17H2,1-2H3;2*3-12,14,20,28H,13,15-16H2,1-2H3/t22-;2*20-/m000/s1. The molecule has 12 aromatic rings. The Kier molecular flexibility index (Phi) is 23.0. The van der Waals surface area contributed by atoms with E-state index in [1.165, 1.54) is 45.5 Å². The van der Waals surface area contributed by atoms with Gasteiger partial charge in [0.25, 0.3) is 0 Å². The Morgan fingerprint density at radius 3 is 1.01 bits per heavy atom. The van der Waals surface area contributed by atoms with Gasteiger partial charge >= 0.3 is 0 Å². The van der Waals surface area contributed by atoms with E-state index in [2.05, 4.69) is 169 Å². The van der Waals surface area contributed by atoms with Crippen LogP contribution in [0.5, 0.6) is 0 Å². The van der Waals surface area contributed by atoms with Crippen LogP contribution in [0.15, 0.2) is 214 Å². The number of para-hydroxylation sites is 6. The summed E-state index contributed by atoms with van der Waals surface area (Å²) in [6, 6.07) is 67.6. The number of imidazole rings is 3. The summed E-state index contributed by atoms with van der Waals surface area (Å²) in [6.45, 7) is 9.19. The lowest BCUT2D eigenvalue weighted by Crippen LogP contribution is -2.31. The number of nitrogens with one attached hydrogen (secondary N) is 3. The summed E-state index contributed by atoms with van der Waals surface area (Å²) >= 11 is 9.95. The summed E-state index contributed by atoms with van der Waals surface area (Å²) in [6.07, 6.45) is 2.30. The molecule has 3 atom stereocenters. The zero-order valence-corrected chi connectivity index (χ0v) is 58.2. The number of halogens is 5. The average Bonchev–Trinajstić information content (AvgIpc) is 1.63. The van der Waals surface area contributed by atoms with E-state index in [4.69, 9.17) is 30.4 Å². The van der Waals surface area contributed by atoms with E-state index in [-0.39, 0.29) is 29.8 Å². The van der Waals surface area contributed by atoms with Crippen LogP contribution in [0.3, 0.4) is 0 Å². The van der Waals surface area contributed by atoms with Crippen molar-refractivity contribution in [2.45, 2.75) is 77.8 Å². The maximum Gasteiger partial charge on any atom is 0.203 e. The fraction of sp³-hybridized carbons (Fsp3) is 0.237. The number of aromatic nitrogens is 6. The number of nitriles is 1. The second-order valence-electron chi connectivity index (χ2n) is 23.6. The number of fused-ring (bicyclic) bond motifs is 3. The molecule has 0 amide bonds. The number of nitrogens with zero attached hydrogens (tertiary/aromatic N) is 7. The summed E-state index contributed by atoms with van der Waals surface area (Å²) in [5.41, 5.74) is 17.8. The number of aryl methyl sites for hydroxylation is 3. The number of ether oxygens (including phenoxy) is 3. The molecule has 0 unspecified atom stereocenters. The van der Waals surface area contributed by atoms with Gasteiger partial charge < -0.3 is 41.6 Å². The maximum absolute atomic E-state index is 14.1. The highest BCUT2D eigenvalue weighted by atomic mass is 79.9. The first-order chi connectivity index (χ1) is 45.5. The van der Waals surface area contributed by atoms with E-state index in [1.54, 1.807) is 39.5 Å². The summed E-state index contributed by atoms with van der Waals surface area (Å²) in [7, 11) is 5.09. The first kappa shape index (κ1) is 68.3. The Morgan fingerprint density at radius 1 is 0.383 bits per heavy atom. The molecular weight excluding hydrogens is 1380 g/mol. The lowest BCUT2D eigenvalue weighted by molar-refractivity contribution is 0.154. The van der Waals surface area contributed by atoms with Crippen LogP contribution >= 0.6 is 47.8 Å². The Balaban J connectivity index is 0.000000154. The Labute approximate surface area is 571 Å². The molecule has 94 heavy (non-hydrogen) atoms. The minimum absolute atomic E-state index is 0.00550. The number of hydrogen-bond donors (Lipinski definition) is 3. The monoisotopic (exact) mass is 1450 g/mol. The van der Waals surface area contributed by atoms with Gasteiger partial charge in [-0.05, 0) is 194 Å². The number of methoxy groups -OCH3 is 3. The van der Waals surface area contributed by atoms with Gasteiger partial charge in [-0.15, -0.1) is 0 Å². The van der Waals surface area contributed by atoms with Crippen molar-refractivity contribution in [3.8, 4) is 6.07 Å². The predicted molar refractivity (Wildman–Crippen MR) is 379 cm³/mol. The van der Waals surface area contributed by atoms with Crippen molar-refractivity contribution in [3.05, 3.63) is 298 Å². The smallest absolute Gasteiger partial charge is 0.203 e. The van der Waals surface area contributed by atoms with Gasteiger partial charge in [0.2, 0.25) is 16.9 Å². The van der Waals surface area contributed by atoms with Crippen molar-refractivity contribution in [2.24, 2.45) is 0 Å². The SMILES string of the molecule is COC[C@H](Cc1ccc(C)cc1)n1c(=N)n(Cc2ccc(Br)c(F)c2)c2ccccc21.COC[C@H](Cc1ccc(C)cc1)n1c(=N)n(Cc2ccc(C#N)c(Br)c2)c2ccccc21.COC[C@H](Cc1ccc(C)cc1)n1c(=N)n(Cc2ccc(F)c(Br)c2)c2ccccc21. The lowest BCUT2D eigenvalue weighted by Gasteiger charge is -2.19. The van der Waals surface area contributed by atoms with E-state index in [0.29, 0.717) is 70.8 Å². The quantitative estimate of drug-likeness (QED) is 0.0656. The van der Waals surface area contributed by atoms with Gasteiger partial charge in [-0.2, -0.15) is 5.26 Å². The van der Waals surface area contributed by atoms with Crippen LogP contribution in [0.25, 0.3) is 33.1 Å². The van der Waals surface area contributed by atoms with Gasteiger partial charge in [-0.3, -0.25) is 16.2 Å². The van der Waals surface area contributed by atoms with Crippen LogP contribution in [-0.2, 0) is 53.1 Å². The molecule has 3 N–H and O–H groups in total. The Bertz CT molecular complexity index is 4630. The molecule has 9 aromatic carbocycles. The van der Waals surface area contributed by atoms with Crippen LogP contribution in [0.4, 0.5) is 8.78 Å². The van der Waals surface area contributed by atoms with Gasteiger partial charge in [-0.25, -0.2) is 8.78 Å². The Hall–Kier alpha value is -8.54. The molecule has 0 radical (unpaired) electrons. The second kappa shape index (κ2) is 31.6. The van der Waals surface area contributed by atoms with Crippen molar-refractivity contribution in [2.75, 3.05) is 41.2 Å². The fourth-order valence-electron chi connectivity index (χ4n) is 12.2. The van der Waals surface area contributed by atoms with Crippen LogP contribution in [0.2, 0.25) is 0 Å². The van der Waals surface area contributed by atoms with E-state index in [1.807, 2.05) is 103 Å². The molecule has 0 bridgehead atoms. The van der Waals surface area contributed by atoms with Crippen molar-refractivity contribution < 1.29 is 23.0 Å². The van der Waals surface area contributed by atoms with Gasteiger partial charge in [0.05, 0.1) is 105 Å². The van der Waals surface area contributed by atoms with Crippen molar-refractivity contribution in [3.63, 3.8) is 0 Å². The molecule has 12 rings (SSSR count). The molecule has 3 heterocycles. The topological polar surface area (TPSA) is 153 Å². The normalized spacial score (nSPS) is 12.3. The fourth-order valence-corrected chi connectivity index (χ4v) is 13.4. The van der Waals surface area contributed by atoms with Crippen LogP contribution in [0.1, 0.15) is 73.8 Å². The van der Waals surface area contributed by atoms with Gasteiger partial charge in [-0.1, -0.05) is 144 Å². The molecule has 482 valence electrons. The molecule has 18 heteroatoms. The van der Waals surface area contributed by atoms with Crippen molar-refractivity contribution in [1.82, 2.24) is 27.4 Å². The lowest BCUT2D eigenvalue weighted by atomic mass is 10.0. The van der Waals surface area contributed by atoms with E-state index in [9.17, 15) is 14.0 Å². The zero-order chi connectivity index (χ0) is 66.6. The zero-order valence-electron chi connectivity index (χ0n) is 53.4. The van der Waals surface area contributed by atoms with Gasteiger partial charge in [0.1, 0.15) is 17.7 Å². The third kappa shape index (κ3) is 16.0. The molecule has 13 nitrogen and oxygen atoms in total. The highest BCUT2D eigenvalue weighted by molar-refractivity contribution is 9.11. The molecule has 0 spiro atoms. The van der Waals surface area contributed by atoms with E-state index in [0.717, 1.165) is 73.5 Å². The molecule has 0 aliphatic carbocycles. The van der Waals surface area contributed by atoms with Crippen LogP contribution < -0.4 is 16.9 Å². The molecule has 0 aliphatic rings. The summed E-state index contributed by atoms with van der Waals surface area (Å²) in [5.74, 6) is -0.592. The molecule has 3 aromatic heterocycles. The number of rotatable bonds is 21. The van der Waals surface area contributed by atoms with Crippen LogP contribution in [-0.4, -0.2) is 68.6 Å². The minimum atomic E-state index is -0.301. The molecular formula is C76H75Br3F2N10O3. The summed E-state index contributed by atoms with van der Waals surface area (Å²) in [5, 5.41) is 36.3. The second-order valence-corrected chi connectivity index (χ2v) is 26.2. The highest BCUT2D eigenvalue weighted by Crippen LogP contribution is 2.28. The van der Waals surface area contributed by atoms with Gasteiger partial charge in [0.15, 0.2) is 0 Å². The van der Waals surface area contributed by atoms with Gasteiger partial charge in [0, 0.05) is 25.8 Å². The van der Waals surface area contributed by atoms with Crippen LogP contribution in [0, 0.1) is 60.0 Å². The highest BCUT2D eigenvalue weighted by Gasteiger charge is 2.24. The van der Waals surface area contributed by atoms with E-state index >= 15 is 0 Å². The first-order valence-corrected chi connectivity index (χ1v) is 33.3. The summed E-state index contributed by atoms with van der Waals surface area (Å²) in [4.78, 5) is 0. The molecule has 0 saturated heterocycles.